The van der Waals surface area contributed by atoms with E-state index in [4.69, 9.17) is 9.47 Å². The maximum Gasteiger partial charge on any atom is 0.187 e. The third kappa shape index (κ3) is 6.39. The van der Waals surface area contributed by atoms with Crippen molar-refractivity contribution >= 4 is 0 Å². The lowest BCUT2D eigenvalue weighted by Gasteiger charge is -2.42. The Morgan fingerprint density at radius 3 is 2.20 bits per heavy atom. The summed E-state index contributed by atoms with van der Waals surface area (Å²) in [7, 11) is 0. The van der Waals surface area contributed by atoms with Crippen molar-refractivity contribution in [3.63, 3.8) is 0 Å². The van der Waals surface area contributed by atoms with E-state index in [-0.39, 0.29) is 6.54 Å². The van der Waals surface area contributed by atoms with Gasteiger partial charge in [0.2, 0.25) is 0 Å². The summed E-state index contributed by atoms with van der Waals surface area (Å²) < 4.78 is 10.5. The Labute approximate surface area is 173 Å². The highest BCUT2D eigenvalue weighted by Gasteiger charge is 2.46. The van der Waals surface area contributed by atoms with E-state index in [1.54, 1.807) is 0 Å². The Balaban J connectivity index is 1.99. The van der Waals surface area contributed by atoms with Crippen LogP contribution < -0.4 is 5.32 Å². The number of aliphatic hydroxyl groups is 8. The zero-order valence-corrected chi connectivity index (χ0v) is 16.3. The van der Waals surface area contributed by atoms with Gasteiger partial charge in [-0.2, -0.15) is 0 Å². The number of nitrogens with one attached hydrogen (secondary N) is 1. The van der Waals surface area contributed by atoms with E-state index in [0.717, 1.165) is 5.56 Å². The molecule has 11 nitrogen and oxygen atoms in total. The van der Waals surface area contributed by atoms with Crippen LogP contribution in [0.25, 0.3) is 0 Å². The molecule has 0 aliphatic carbocycles. The van der Waals surface area contributed by atoms with Crippen LogP contribution in [0.2, 0.25) is 0 Å². The first kappa shape index (κ1) is 25.0. The molecule has 0 aromatic heterocycles. The van der Waals surface area contributed by atoms with E-state index in [2.05, 4.69) is 5.32 Å². The minimum Gasteiger partial charge on any atom is -0.394 e. The second kappa shape index (κ2) is 12.0. The van der Waals surface area contributed by atoms with Crippen molar-refractivity contribution in [2.75, 3.05) is 19.8 Å². The molecule has 1 aliphatic heterocycles. The van der Waals surface area contributed by atoms with Crippen LogP contribution in [0.4, 0.5) is 0 Å². The quantitative estimate of drug-likeness (QED) is 0.165. The molecule has 1 aromatic carbocycles. The lowest BCUT2D eigenvalue weighted by atomic mass is 9.98. The van der Waals surface area contributed by atoms with E-state index in [9.17, 15) is 40.9 Å². The molecule has 0 bridgehead atoms. The van der Waals surface area contributed by atoms with E-state index >= 15 is 0 Å². The largest absolute Gasteiger partial charge is 0.394 e. The Morgan fingerprint density at radius 1 is 0.933 bits per heavy atom. The molecular formula is C19H31NO10. The Bertz CT molecular complexity index is 606. The van der Waals surface area contributed by atoms with E-state index in [1.807, 2.05) is 30.3 Å². The molecule has 172 valence electrons. The molecule has 4 unspecified atom stereocenters. The van der Waals surface area contributed by atoms with Crippen LogP contribution in [0, 0.1) is 0 Å². The van der Waals surface area contributed by atoms with Gasteiger partial charge in [0.15, 0.2) is 6.29 Å². The molecule has 2 rings (SSSR count). The number of hydrogen-bond acceptors (Lipinski definition) is 11. The molecule has 0 amide bonds. The van der Waals surface area contributed by atoms with Gasteiger partial charge in [0.05, 0.1) is 19.3 Å². The van der Waals surface area contributed by atoms with Gasteiger partial charge in [-0.1, -0.05) is 30.3 Å². The molecule has 11 heteroatoms. The zero-order chi connectivity index (χ0) is 22.3. The van der Waals surface area contributed by atoms with E-state index < -0.39 is 68.3 Å². The average molecular weight is 433 g/mol. The second-order valence-corrected chi connectivity index (χ2v) is 7.22. The monoisotopic (exact) mass is 433 g/mol. The van der Waals surface area contributed by atoms with Gasteiger partial charge in [-0.05, 0) is 5.56 Å². The first-order valence-electron chi connectivity index (χ1n) is 9.65. The maximum atomic E-state index is 10.4. The molecule has 9 atom stereocenters. The third-order valence-corrected chi connectivity index (χ3v) is 4.96. The van der Waals surface area contributed by atoms with E-state index in [0.29, 0.717) is 6.54 Å². The molecule has 1 aromatic rings. The highest BCUT2D eigenvalue weighted by atomic mass is 16.7. The highest BCUT2D eigenvalue weighted by Crippen LogP contribution is 2.25. The lowest BCUT2D eigenvalue weighted by Crippen LogP contribution is -2.61. The summed E-state index contributed by atoms with van der Waals surface area (Å²) in [6.07, 6.45) is -14.4. The van der Waals surface area contributed by atoms with Crippen molar-refractivity contribution in [2.24, 2.45) is 0 Å². The minimum absolute atomic E-state index is 0.0806. The van der Waals surface area contributed by atoms with Gasteiger partial charge < -0.3 is 55.6 Å². The van der Waals surface area contributed by atoms with Gasteiger partial charge >= 0.3 is 0 Å². The molecule has 1 aliphatic rings. The van der Waals surface area contributed by atoms with Gasteiger partial charge in [0.1, 0.15) is 42.7 Å². The van der Waals surface area contributed by atoms with Gasteiger partial charge in [-0.25, -0.2) is 0 Å². The predicted molar refractivity (Wildman–Crippen MR) is 102 cm³/mol. The maximum absolute atomic E-state index is 10.4. The summed E-state index contributed by atoms with van der Waals surface area (Å²) in [4.78, 5) is 0. The molecule has 1 saturated heterocycles. The van der Waals surface area contributed by atoms with Crippen molar-refractivity contribution in [1.29, 1.82) is 0 Å². The fourth-order valence-electron chi connectivity index (χ4n) is 3.14. The molecule has 0 saturated carbocycles. The van der Waals surface area contributed by atoms with Crippen LogP contribution in [0.3, 0.4) is 0 Å². The van der Waals surface area contributed by atoms with Crippen LogP contribution in [0.1, 0.15) is 5.56 Å². The van der Waals surface area contributed by atoms with Gasteiger partial charge in [0, 0.05) is 13.1 Å². The van der Waals surface area contributed by atoms with Crippen molar-refractivity contribution < 1.29 is 50.3 Å². The van der Waals surface area contributed by atoms with Gasteiger partial charge in [0.25, 0.3) is 0 Å². The molecular weight excluding hydrogens is 402 g/mol. The Hall–Kier alpha value is -1.22. The third-order valence-electron chi connectivity index (χ3n) is 4.96. The minimum atomic E-state index is -1.77. The fourth-order valence-corrected chi connectivity index (χ4v) is 3.14. The van der Waals surface area contributed by atoms with Crippen molar-refractivity contribution in [3.05, 3.63) is 35.9 Å². The first-order valence-corrected chi connectivity index (χ1v) is 9.65. The Morgan fingerprint density at radius 2 is 1.60 bits per heavy atom. The number of ether oxygens (including phenoxy) is 2. The number of aliphatic hydroxyl groups excluding tert-OH is 8. The average Bonchev–Trinajstić information content (AvgIpc) is 2.76. The van der Waals surface area contributed by atoms with Crippen molar-refractivity contribution in [2.45, 2.75) is 61.7 Å². The molecule has 1 heterocycles. The smallest absolute Gasteiger partial charge is 0.187 e. The summed E-state index contributed by atoms with van der Waals surface area (Å²) in [5.74, 6) is 0. The second-order valence-electron chi connectivity index (χ2n) is 7.22. The summed E-state index contributed by atoms with van der Waals surface area (Å²) in [5, 5.41) is 82.0. The van der Waals surface area contributed by atoms with Crippen LogP contribution >= 0.6 is 0 Å². The fraction of sp³-hybridized carbons (Fsp3) is 0.684. The van der Waals surface area contributed by atoms with Gasteiger partial charge in [-0.15, -0.1) is 0 Å². The van der Waals surface area contributed by atoms with Crippen LogP contribution in [-0.4, -0.2) is 116 Å². The van der Waals surface area contributed by atoms with Crippen molar-refractivity contribution in [1.82, 2.24) is 5.32 Å². The first-order chi connectivity index (χ1) is 14.3. The molecule has 30 heavy (non-hydrogen) atoms. The normalized spacial score (nSPS) is 31.1. The van der Waals surface area contributed by atoms with Crippen LogP contribution in [0.5, 0.6) is 0 Å². The predicted octanol–water partition coefficient (Wildman–Crippen LogP) is -3.96. The zero-order valence-electron chi connectivity index (χ0n) is 16.3. The Kier molecular flexibility index (Phi) is 10.0. The molecule has 0 radical (unpaired) electrons. The van der Waals surface area contributed by atoms with E-state index in [1.165, 1.54) is 0 Å². The number of rotatable bonds is 11. The standard InChI is InChI=1S/C19H31NO10/c21-8-12(24)18(30-19-17(28)16(27)15(26)13(9-22)29-19)14(25)11(23)7-20-6-10-4-2-1-3-5-10/h1-5,11-28H,6-9H2/t11?,12?,13-,14?,15-,16+,17-,18?,19-/m1/s1. The SMILES string of the molecule is OCC(O)C(O[C@H]1O[C@H](CO)[C@@H](O)[C@H](O)[C@H]1O)C(O)C(O)CNCc1ccccc1. The summed E-state index contributed by atoms with van der Waals surface area (Å²) >= 11 is 0. The molecule has 1 fully saturated rings. The molecule has 0 spiro atoms. The van der Waals surface area contributed by atoms with Gasteiger partial charge in [-0.3, -0.25) is 0 Å². The summed E-state index contributed by atoms with van der Waals surface area (Å²) in [6, 6.07) is 9.31. The number of hydrogen-bond donors (Lipinski definition) is 9. The molecule has 9 N–H and O–H groups in total. The van der Waals surface area contributed by atoms with Crippen LogP contribution in [0.15, 0.2) is 30.3 Å². The number of benzene rings is 1. The lowest BCUT2D eigenvalue weighted by molar-refractivity contribution is -0.327. The van der Waals surface area contributed by atoms with Crippen LogP contribution in [-0.2, 0) is 16.0 Å². The van der Waals surface area contributed by atoms with Crippen molar-refractivity contribution in [3.8, 4) is 0 Å². The summed E-state index contributed by atoms with van der Waals surface area (Å²) in [5.41, 5.74) is 0.948. The summed E-state index contributed by atoms with van der Waals surface area (Å²) in [6.45, 7) is -1.19. The topological polar surface area (TPSA) is 192 Å². The highest BCUT2D eigenvalue weighted by molar-refractivity contribution is 5.14.